The Morgan fingerprint density at radius 3 is 2.30 bits per heavy atom. The van der Waals surface area contributed by atoms with E-state index in [2.05, 4.69) is 4.99 Å². The molecule has 1 heterocycles. The molecule has 0 aliphatic carbocycles. The predicted molar refractivity (Wildman–Crippen MR) is 77.6 cm³/mol. The van der Waals surface area contributed by atoms with Crippen molar-refractivity contribution < 1.29 is 9.13 Å². The second kappa shape index (κ2) is 5.08. The maximum absolute atomic E-state index is 14.7. The van der Waals surface area contributed by atoms with Gasteiger partial charge in [-0.1, -0.05) is 48.5 Å². The molecule has 2 nitrogen and oxygen atoms in total. The molecule has 3 heteroatoms. The minimum absolute atomic E-state index is 0.108. The van der Waals surface area contributed by atoms with Crippen LogP contribution in [0, 0.1) is 0 Å². The first-order valence-electron chi connectivity index (χ1n) is 6.67. The fourth-order valence-electron chi connectivity index (χ4n) is 2.36. The number of hydrogen-bond donors (Lipinski definition) is 0. The van der Waals surface area contributed by atoms with Crippen molar-refractivity contribution in [2.45, 2.75) is 18.7 Å². The van der Waals surface area contributed by atoms with Crippen molar-refractivity contribution in [3.63, 3.8) is 0 Å². The zero-order valence-electron chi connectivity index (χ0n) is 11.3. The van der Waals surface area contributed by atoms with Crippen molar-refractivity contribution in [3.05, 3.63) is 71.8 Å². The molecule has 0 fully saturated rings. The number of nitrogens with zero attached hydrogens (tertiary/aromatic N) is 1. The van der Waals surface area contributed by atoms with Gasteiger partial charge < -0.3 is 4.74 Å². The van der Waals surface area contributed by atoms with E-state index < -0.39 is 11.8 Å². The molecule has 2 aromatic carbocycles. The highest BCUT2D eigenvalue weighted by molar-refractivity contribution is 5.94. The van der Waals surface area contributed by atoms with E-state index in [9.17, 15) is 4.39 Å². The number of benzene rings is 2. The zero-order chi connectivity index (χ0) is 14.0. The zero-order valence-corrected chi connectivity index (χ0v) is 11.3. The van der Waals surface area contributed by atoms with Crippen molar-refractivity contribution in [3.8, 4) is 0 Å². The molecule has 0 unspecified atom stereocenters. The van der Waals surface area contributed by atoms with Crippen LogP contribution in [0.3, 0.4) is 0 Å². The summed E-state index contributed by atoms with van der Waals surface area (Å²) in [6, 6.07) is 19.1. The first kappa shape index (κ1) is 12.9. The maximum Gasteiger partial charge on any atom is 0.216 e. The summed E-state index contributed by atoms with van der Waals surface area (Å²) in [5, 5.41) is 0. The Kier molecular flexibility index (Phi) is 3.26. The van der Waals surface area contributed by atoms with Gasteiger partial charge in [0.1, 0.15) is 0 Å². The molecule has 1 aliphatic heterocycles. The Morgan fingerprint density at radius 2 is 1.65 bits per heavy atom. The van der Waals surface area contributed by atoms with E-state index in [1.54, 1.807) is 0 Å². The summed E-state index contributed by atoms with van der Waals surface area (Å²) in [5.74, 6) is 0.509. The second-order valence-corrected chi connectivity index (χ2v) is 5.17. The summed E-state index contributed by atoms with van der Waals surface area (Å²) in [6.45, 7) is 1.65. The van der Waals surface area contributed by atoms with Crippen molar-refractivity contribution >= 4 is 5.90 Å². The van der Waals surface area contributed by atoms with E-state index in [1.807, 2.05) is 60.7 Å². The van der Waals surface area contributed by atoms with Crippen LogP contribution in [-0.4, -0.2) is 18.1 Å². The number of halogens is 1. The third kappa shape index (κ3) is 2.44. The van der Waals surface area contributed by atoms with Crippen LogP contribution in [0.5, 0.6) is 0 Å². The van der Waals surface area contributed by atoms with E-state index in [0.717, 1.165) is 11.1 Å². The predicted octanol–water partition coefficient (Wildman–Crippen LogP) is 3.93. The van der Waals surface area contributed by atoms with Crippen LogP contribution in [0.4, 0.5) is 4.39 Å². The van der Waals surface area contributed by atoms with Crippen molar-refractivity contribution in [1.82, 2.24) is 0 Å². The molecule has 2 aromatic rings. The van der Waals surface area contributed by atoms with Crippen LogP contribution >= 0.6 is 0 Å². The first-order valence-corrected chi connectivity index (χ1v) is 6.67. The van der Waals surface area contributed by atoms with Gasteiger partial charge in [-0.3, -0.25) is 0 Å². The van der Waals surface area contributed by atoms with Gasteiger partial charge in [0.15, 0.2) is 11.8 Å². The van der Waals surface area contributed by atoms with Gasteiger partial charge in [0.2, 0.25) is 5.90 Å². The molecule has 102 valence electrons. The van der Waals surface area contributed by atoms with E-state index >= 15 is 0 Å². The van der Waals surface area contributed by atoms with Gasteiger partial charge in [0, 0.05) is 5.56 Å². The summed E-state index contributed by atoms with van der Waals surface area (Å²) in [4.78, 5) is 4.25. The molecule has 0 N–H and O–H groups in total. The number of aliphatic imine (C=N–C) groups is 1. The summed E-state index contributed by atoms with van der Waals surface area (Å²) in [7, 11) is 0. The van der Waals surface area contributed by atoms with Gasteiger partial charge in [0.05, 0.1) is 6.54 Å². The summed E-state index contributed by atoms with van der Waals surface area (Å²) < 4.78 is 20.5. The lowest BCUT2D eigenvalue weighted by molar-refractivity contribution is 0.00602. The molecular weight excluding hydrogens is 253 g/mol. The Balaban J connectivity index is 1.94. The monoisotopic (exact) mass is 269 g/mol. The molecule has 0 spiro atoms. The third-order valence-electron chi connectivity index (χ3n) is 3.43. The topological polar surface area (TPSA) is 21.6 Å². The van der Waals surface area contributed by atoms with E-state index in [4.69, 9.17) is 4.74 Å². The summed E-state index contributed by atoms with van der Waals surface area (Å²) in [5.41, 5.74) is 0.212. The Labute approximate surface area is 117 Å². The highest BCUT2D eigenvalue weighted by atomic mass is 19.1. The van der Waals surface area contributed by atoms with Crippen LogP contribution in [0.1, 0.15) is 24.2 Å². The first-order chi connectivity index (χ1) is 9.67. The fourth-order valence-corrected chi connectivity index (χ4v) is 2.36. The van der Waals surface area contributed by atoms with E-state index in [1.165, 1.54) is 6.92 Å². The number of alkyl halides is 1. The molecular formula is C17H16FNO. The Morgan fingerprint density at radius 1 is 1.05 bits per heavy atom. The average molecular weight is 269 g/mol. The molecule has 0 radical (unpaired) electrons. The number of hydrogen-bond acceptors (Lipinski definition) is 2. The molecule has 20 heavy (non-hydrogen) atoms. The van der Waals surface area contributed by atoms with Gasteiger partial charge >= 0.3 is 0 Å². The quantitative estimate of drug-likeness (QED) is 0.809. The van der Waals surface area contributed by atoms with Gasteiger partial charge in [-0.25, -0.2) is 9.38 Å². The third-order valence-corrected chi connectivity index (χ3v) is 3.43. The largest absolute Gasteiger partial charge is 0.466 e. The molecule has 0 saturated heterocycles. The van der Waals surface area contributed by atoms with E-state index in [-0.39, 0.29) is 6.54 Å². The van der Waals surface area contributed by atoms with Crippen LogP contribution in [0.15, 0.2) is 65.7 Å². The molecule has 0 bridgehead atoms. The number of rotatable bonds is 2. The van der Waals surface area contributed by atoms with Gasteiger partial charge in [-0.15, -0.1) is 0 Å². The van der Waals surface area contributed by atoms with Crippen LogP contribution in [0.25, 0.3) is 0 Å². The highest BCUT2D eigenvalue weighted by Gasteiger charge is 2.41. The molecule has 3 rings (SSSR count). The lowest BCUT2D eigenvalue weighted by atomic mass is 9.93. The van der Waals surface area contributed by atoms with Crippen LogP contribution < -0.4 is 0 Å². The van der Waals surface area contributed by atoms with Gasteiger partial charge in [0.25, 0.3) is 0 Å². The normalized spacial score (nSPS) is 25.7. The molecule has 1 aliphatic rings. The van der Waals surface area contributed by atoms with Crippen LogP contribution in [0.2, 0.25) is 0 Å². The second-order valence-electron chi connectivity index (χ2n) is 5.17. The minimum atomic E-state index is -1.50. The lowest BCUT2D eigenvalue weighted by Crippen LogP contribution is -2.39. The number of ether oxygens (including phenoxy) is 1. The maximum atomic E-state index is 14.7. The molecule has 0 saturated carbocycles. The summed E-state index contributed by atoms with van der Waals surface area (Å²) in [6.07, 6.45) is -0.628. The van der Waals surface area contributed by atoms with Gasteiger partial charge in [-0.2, -0.15) is 0 Å². The van der Waals surface area contributed by atoms with E-state index in [0.29, 0.717) is 5.90 Å². The standard InChI is InChI=1S/C17H16FNO/c1-17(18)12-19-16(14-10-6-3-7-11-14)20-15(17)13-8-4-2-5-9-13/h2-11,15H,12H2,1H3/t15-,17-/m0/s1. The Hall–Kier alpha value is -2.16. The van der Waals surface area contributed by atoms with Crippen LogP contribution in [-0.2, 0) is 4.74 Å². The SMILES string of the molecule is C[C@]1(F)CN=C(c2ccccc2)O[C@H]1c1ccccc1. The molecule has 0 aromatic heterocycles. The van der Waals surface area contributed by atoms with Gasteiger partial charge in [-0.05, 0) is 24.6 Å². The highest BCUT2D eigenvalue weighted by Crippen LogP contribution is 2.36. The smallest absolute Gasteiger partial charge is 0.216 e. The Bertz CT molecular complexity index is 607. The fraction of sp³-hybridized carbons (Fsp3) is 0.235. The molecule has 2 atom stereocenters. The lowest BCUT2D eigenvalue weighted by Gasteiger charge is -2.34. The summed E-state index contributed by atoms with van der Waals surface area (Å²) >= 11 is 0. The molecule has 0 amide bonds. The average Bonchev–Trinajstić information content (AvgIpc) is 2.49. The van der Waals surface area contributed by atoms with Crippen molar-refractivity contribution in [2.75, 3.05) is 6.54 Å². The van der Waals surface area contributed by atoms with Crippen molar-refractivity contribution in [2.24, 2.45) is 4.99 Å². The van der Waals surface area contributed by atoms with Crippen molar-refractivity contribution in [1.29, 1.82) is 0 Å². The minimum Gasteiger partial charge on any atom is -0.466 e.